The van der Waals surface area contributed by atoms with E-state index in [-0.39, 0.29) is 18.7 Å². The summed E-state index contributed by atoms with van der Waals surface area (Å²) in [6.45, 7) is 2.03. The Bertz CT molecular complexity index is 430. The van der Waals surface area contributed by atoms with Crippen LogP contribution in [-0.2, 0) is 20.5 Å². The van der Waals surface area contributed by atoms with Crippen LogP contribution in [0.4, 0.5) is 0 Å². The minimum atomic E-state index is -3.21. The lowest BCUT2D eigenvalue weighted by Gasteiger charge is -2.11. The van der Waals surface area contributed by atoms with Gasteiger partial charge in [-0.15, -0.1) is 0 Å². The van der Waals surface area contributed by atoms with Crippen LogP contribution in [-0.4, -0.2) is 29.8 Å². The molecule has 0 heterocycles. The van der Waals surface area contributed by atoms with Crippen LogP contribution in [0.25, 0.3) is 0 Å². The van der Waals surface area contributed by atoms with Gasteiger partial charge in [-0.25, -0.2) is 0 Å². The third kappa shape index (κ3) is 7.14. The summed E-state index contributed by atoms with van der Waals surface area (Å²) in [5.74, 6) is -0.403. The average Bonchev–Trinajstić information content (AvgIpc) is 2.38. The van der Waals surface area contributed by atoms with Crippen molar-refractivity contribution in [2.24, 2.45) is 0 Å². The van der Waals surface area contributed by atoms with Gasteiger partial charge in [0.15, 0.2) is 0 Å². The van der Waals surface area contributed by atoms with E-state index in [1.54, 1.807) is 6.92 Å². The van der Waals surface area contributed by atoms with Crippen LogP contribution in [0.3, 0.4) is 0 Å². The number of benzene rings is 1. The fourth-order valence-electron chi connectivity index (χ4n) is 1.79. The van der Waals surface area contributed by atoms with Gasteiger partial charge >= 0.3 is 5.97 Å². The Kier molecular flexibility index (Phi) is 6.82. The first-order valence-corrected chi connectivity index (χ1v) is 8.57. The molecule has 5 heteroatoms. The van der Waals surface area contributed by atoms with E-state index < -0.39 is 13.3 Å². The molecule has 19 heavy (non-hydrogen) atoms. The van der Waals surface area contributed by atoms with Crippen molar-refractivity contribution in [2.75, 3.05) is 18.9 Å². The maximum Gasteiger partial charge on any atom is 0.306 e. The van der Waals surface area contributed by atoms with Crippen LogP contribution in [0.1, 0.15) is 25.3 Å². The van der Waals surface area contributed by atoms with Gasteiger partial charge in [0.2, 0.25) is 7.37 Å². The van der Waals surface area contributed by atoms with Gasteiger partial charge in [0.25, 0.3) is 0 Å². The Balaban J connectivity index is 2.27. The highest BCUT2D eigenvalue weighted by atomic mass is 31.2. The highest BCUT2D eigenvalue weighted by molar-refractivity contribution is 7.58. The smallest absolute Gasteiger partial charge is 0.306 e. The van der Waals surface area contributed by atoms with Gasteiger partial charge in [0.05, 0.1) is 13.0 Å². The molecular formula is C14H21O4P. The first-order valence-electron chi connectivity index (χ1n) is 6.54. The second kappa shape index (κ2) is 8.13. The normalized spacial score (nSPS) is 13.8. The lowest BCUT2D eigenvalue weighted by atomic mass is 10.1. The molecule has 0 amide bonds. The third-order valence-electron chi connectivity index (χ3n) is 2.79. The molecule has 0 saturated heterocycles. The Hall–Kier alpha value is -1.12. The van der Waals surface area contributed by atoms with Crippen LogP contribution >= 0.6 is 7.37 Å². The SMILES string of the molecule is CCOC(=O)CCP(=O)(O)CCCc1ccccc1. The predicted octanol–water partition coefficient (Wildman–Crippen LogP) is 2.84. The molecule has 1 aromatic carbocycles. The zero-order valence-electron chi connectivity index (χ0n) is 11.2. The van der Waals surface area contributed by atoms with E-state index in [1.165, 1.54) is 0 Å². The molecule has 0 spiro atoms. The molecule has 0 bridgehead atoms. The van der Waals surface area contributed by atoms with Gasteiger partial charge in [-0.3, -0.25) is 9.36 Å². The maximum absolute atomic E-state index is 11.9. The summed E-state index contributed by atoms with van der Waals surface area (Å²) in [5.41, 5.74) is 1.16. The maximum atomic E-state index is 11.9. The van der Waals surface area contributed by atoms with Crippen LogP contribution in [0, 0.1) is 0 Å². The van der Waals surface area contributed by atoms with E-state index in [2.05, 4.69) is 0 Å². The highest BCUT2D eigenvalue weighted by Gasteiger charge is 2.19. The lowest BCUT2D eigenvalue weighted by molar-refractivity contribution is -0.142. The number of hydrogen-bond acceptors (Lipinski definition) is 3. The van der Waals surface area contributed by atoms with Crippen LogP contribution in [0.2, 0.25) is 0 Å². The van der Waals surface area contributed by atoms with E-state index in [0.29, 0.717) is 13.0 Å². The van der Waals surface area contributed by atoms with Crippen molar-refractivity contribution in [3.63, 3.8) is 0 Å². The minimum absolute atomic E-state index is 0.0145. The lowest BCUT2D eigenvalue weighted by Crippen LogP contribution is -2.07. The molecule has 0 aromatic heterocycles. The zero-order chi connectivity index (χ0) is 14.1. The summed E-state index contributed by atoms with van der Waals surface area (Å²) in [6, 6.07) is 9.85. The average molecular weight is 284 g/mol. The molecule has 0 aliphatic heterocycles. The van der Waals surface area contributed by atoms with Crippen molar-refractivity contribution in [1.82, 2.24) is 0 Å². The second-order valence-corrected chi connectivity index (χ2v) is 7.02. The standard InChI is InChI=1S/C14H21O4P/c1-2-18-14(15)10-12-19(16,17)11-6-9-13-7-4-3-5-8-13/h3-5,7-8H,2,6,9-12H2,1H3,(H,16,17). The molecule has 1 rings (SSSR count). The van der Waals surface area contributed by atoms with Gasteiger partial charge in [0, 0.05) is 12.3 Å². The molecule has 0 aliphatic rings. The number of esters is 1. The molecule has 1 aromatic rings. The van der Waals surface area contributed by atoms with Crippen LogP contribution in [0.15, 0.2) is 30.3 Å². The van der Waals surface area contributed by atoms with E-state index in [4.69, 9.17) is 4.74 Å². The molecule has 0 saturated carbocycles. The van der Waals surface area contributed by atoms with E-state index in [9.17, 15) is 14.3 Å². The molecule has 1 atom stereocenters. The van der Waals surface area contributed by atoms with Crippen molar-refractivity contribution < 1.29 is 19.0 Å². The Morgan fingerprint density at radius 1 is 1.26 bits per heavy atom. The van der Waals surface area contributed by atoms with Gasteiger partial charge in [-0.1, -0.05) is 30.3 Å². The van der Waals surface area contributed by atoms with Crippen molar-refractivity contribution in [3.8, 4) is 0 Å². The summed E-state index contributed by atoms with van der Waals surface area (Å²) >= 11 is 0. The summed E-state index contributed by atoms with van der Waals surface area (Å²) in [6.07, 6.45) is 1.72. The van der Waals surface area contributed by atoms with Crippen molar-refractivity contribution in [1.29, 1.82) is 0 Å². The third-order valence-corrected chi connectivity index (χ3v) is 4.72. The van der Waals surface area contributed by atoms with Gasteiger partial charge in [-0.05, 0) is 25.3 Å². The molecule has 0 radical (unpaired) electrons. The zero-order valence-corrected chi connectivity index (χ0v) is 12.1. The Labute approximate surface area is 114 Å². The molecule has 4 nitrogen and oxygen atoms in total. The molecule has 0 fully saturated rings. The minimum Gasteiger partial charge on any atom is -0.466 e. The van der Waals surface area contributed by atoms with E-state index in [0.717, 1.165) is 12.0 Å². The highest BCUT2D eigenvalue weighted by Crippen LogP contribution is 2.42. The Morgan fingerprint density at radius 2 is 1.95 bits per heavy atom. The van der Waals surface area contributed by atoms with Crippen LogP contribution in [0.5, 0.6) is 0 Å². The Morgan fingerprint density at radius 3 is 2.58 bits per heavy atom. The monoisotopic (exact) mass is 284 g/mol. The molecule has 1 N–H and O–H groups in total. The van der Waals surface area contributed by atoms with Crippen molar-refractivity contribution in [2.45, 2.75) is 26.2 Å². The van der Waals surface area contributed by atoms with Gasteiger partial charge < -0.3 is 9.63 Å². The van der Waals surface area contributed by atoms with E-state index >= 15 is 0 Å². The molecular weight excluding hydrogens is 263 g/mol. The quantitative estimate of drug-likeness (QED) is 0.589. The molecule has 106 valence electrons. The van der Waals surface area contributed by atoms with Crippen molar-refractivity contribution >= 4 is 13.3 Å². The van der Waals surface area contributed by atoms with E-state index in [1.807, 2.05) is 30.3 Å². The first-order chi connectivity index (χ1) is 9.03. The summed E-state index contributed by atoms with van der Waals surface area (Å²) in [7, 11) is -3.21. The second-order valence-electron chi connectivity index (χ2n) is 4.44. The summed E-state index contributed by atoms with van der Waals surface area (Å²) < 4.78 is 16.6. The molecule has 1 unspecified atom stereocenters. The fraction of sp³-hybridized carbons (Fsp3) is 0.500. The van der Waals surface area contributed by atoms with Gasteiger partial charge in [0.1, 0.15) is 0 Å². The first kappa shape index (κ1) is 15.9. The molecule has 0 aliphatic carbocycles. The largest absolute Gasteiger partial charge is 0.466 e. The topological polar surface area (TPSA) is 63.6 Å². The number of rotatable bonds is 8. The predicted molar refractivity (Wildman–Crippen MR) is 75.6 cm³/mol. The summed E-state index contributed by atoms with van der Waals surface area (Å²) in [4.78, 5) is 20.9. The van der Waals surface area contributed by atoms with Gasteiger partial charge in [-0.2, -0.15) is 0 Å². The number of hydrogen-bond donors (Lipinski definition) is 1. The number of aryl methyl sites for hydroxylation is 1. The number of carbonyl (C=O) groups is 1. The summed E-state index contributed by atoms with van der Waals surface area (Å²) in [5, 5.41) is 0. The number of ether oxygens (including phenoxy) is 1. The fourth-order valence-corrected chi connectivity index (χ4v) is 3.19. The van der Waals surface area contributed by atoms with Crippen LogP contribution < -0.4 is 0 Å². The van der Waals surface area contributed by atoms with Crippen molar-refractivity contribution in [3.05, 3.63) is 35.9 Å². The number of carbonyl (C=O) groups excluding carboxylic acids is 1.